The number of imide groups is 2. The van der Waals surface area contributed by atoms with Gasteiger partial charge in [0.05, 0.1) is 11.4 Å². The van der Waals surface area contributed by atoms with Crippen molar-refractivity contribution in [1.29, 1.82) is 0 Å². The molecule has 9 heteroatoms. The molecular formula is C23H16BrF2N3O3. The average molecular weight is 500 g/mol. The zero-order valence-corrected chi connectivity index (χ0v) is 18.5. The molecule has 0 saturated carbocycles. The molecule has 1 saturated heterocycles. The molecule has 1 N–H and O–H groups in total. The summed E-state index contributed by atoms with van der Waals surface area (Å²) in [6.07, 6.45) is 1.36. The zero-order valence-electron chi connectivity index (χ0n) is 16.9. The highest BCUT2D eigenvalue weighted by atomic mass is 79.9. The molecule has 4 amide bonds. The second kappa shape index (κ2) is 8.16. The summed E-state index contributed by atoms with van der Waals surface area (Å²) in [5.74, 6) is -2.67. The van der Waals surface area contributed by atoms with Gasteiger partial charge in [-0.1, -0.05) is 15.9 Å². The van der Waals surface area contributed by atoms with Crippen molar-refractivity contribution in [3.05, 3.63) is 87.2 Å². The molecule has 0 bridgehead atoms. The van der Waals surface area contributed by atoms with Gasteiger partial charge in [-0.2, -0.15) is 0 Å². The minimum Gasteiger partial charge on any atom is -0.315 e. The third-order valence-corrected chi connectivity index (χ3v) is 5.60. The van der Waals surface area contributed by atoms with Crippen LogP contribution < -0.4 is 10.2 Å². The molecule has 3 aromatic rings. The van der Waals surface area contributed by atoms with Crippen LogP contribution >= 0.6 is 15.9 Å². The number of nitrogens with zero attached hydrogens (tertiary/aromatic N) is 2. The molecule has 6 nitrogen and oxygen atoms in total. The van der Waals surface area contributed by atoms with Gasteiger partial charge in [0, 0.05) is 15.9 Å². The van der Waals surface area contributed by atoms with Gasteiger partial charge in [0.2, 0.25) is 0 Å². The second-order valence-corrected chi connectivity index (χ2v) is 8.11. The molecule has 1 aromatic heterocycles. The van der Waals surface area contributed by atoms with Crippen LogP contribution in [-0.4, -0.2) is 22.4 Å². The van der Waals surface area contributed by atoms with Gasteiger partial charge in [0.1, 0.15) is 17.2 Å². The molecule has 0 atom stereocenters. The summed E-state index contributed by atoms with van der Waals surface area (Å²) >= 11 is 3.23. The van der Waals surface area contributed by atoms with Crippen LogP contribution in [0.25, 0.3) is 11.8 Å². The lowest BCUT2D eigenvalue weighted by Gasteiger charge is -2.26. The first kappa shape index (κ1) is 21.6. The van der Waals surface area contributed by atoms with Gasteiger partial charge in [-0.25, -0.2) is 18.5 Å². The zero-order chi connectivity index (χ0) is 23.2. The summed E-state index contributed by atoms with van der Waals surface area (Å²) in [6.45, 7) is 3.50. The van der Waals surface area contributed by atoms with Crippen molar-refractivity contribution in [2.75, 3.05) is 4.90 Å². The molecule has 2 heterocycles. The predicted molar refractivity (Wildman–Crippen MR) is 118 cm³/mol. The molecule has 0 aliphatic carbocycles. The van der Waals surface area contributed by atoms with E-state index < -0.39 is 29.5 Å². The Bertz CT molecular complexity index is 1310. The van der Waals surface area contributed by atoms with Gasteiger partial charge in [0.25, 0.3) is 11.8 Å². The number of hydrogen-bond acceptors (Lipinski definition) is 3. The molecule has 0 unspecified atom stereocenters. The molecule has 1 fully saturated rings. The maximum absolute atomic E-state index is 14.5. The van der Waals surface area contributed by atoms with Crippen molar-refractivity contribution in [1.82, 2.24) is 9.88 Å². The number of hydrogen-bond donors (Lipinski definition) is 1. The molecule has 4 rings (SSSR count). The van der Waals surface area contributed by atoms with Gasteiger partial charge in [-0.3, -0.25) is 14.9 Å². The van der Waals surface area contributed by atoms with E-state index >= 15 is 0 Å². The fourth-order valence-electron chi connectivity index (χ4n) is 3.60. The van der Waals surface area contributed by atoms with E-state index in [1.165, 1.54) is 24.3 Å². The number of anilines is 1. The summed E-state index contributed by atoms with van der Waals surface area (Å²) in [5, 5.41) is 2.12. The number of nitrogens with one attached hydrogen (secondary N) is 1. The summed E-state index contributed by atoms with van der Waals surface area (Å²) in [7, 11) is 0. The number of benzene rings is 2. The van der Waals surface area contributed by atoms with Crippen molar-refractivity contribution < 1.29 is 23.2 Å². The van der Waals surface area contributed by atoms with Crippen molar-refractivity contribution >= 4 is 45.5 Å². The smallest absolute Gasteiger partial charge is 0.315 e. The van der Waals surface area contributed by atoms with Crippen molar-refractivity contribution in [2.45, 2.75) is 13.8 Å². The number of amides is 4. The van der Waals surface area contributed by atoms with Crippen molar-refractivity contribution in [3.63, 3.8) is 0 Å². The number of aromatic nitrogens is 1. The Balaban J connectivity index is 1.77. The minimum atomic E-state index is -0.925. The monoisotopic (exact) mass is 499 g/mol. The van der Waals surface area contributed by atoms with Gasteiger partial charge in [-0.15, -0.1) is 0 Å². The molecule has 2 aromatic carbocycles. The van der Waals surface area contributed by atoms with E-state index in [1.807, 2.05) is 0 Å². The number of rotatable bonds is 3. The number of aryl methyl sites for hydroxylation is 1. The highest BCUT2D eigenvalue weighted by Gasteiger charge is 2.37. The van der Waals surface area contributed by atoms with E-state index in [4.69, 9.17) is 0 Å². The Hall–Kier alpha value is -3.59. The van der Waals surface area contributed by atoms with Gasteiger partial charge in [0.15, 0.2) is 0 Å². The number of halogens is 3. The van der Waals surface area contributed by atoms with Gasteiger partial charge >= 0.3 is 6.03 Å². The Morgan fingerprint density at radius 2 is 1.66 bits per heavy atom. The number of carbonyl (C=O) groups is 3. The fraction of sp³-hybridized carbons (Fsp3) is 0.0870. The maximum Gasteiger partial charge on any atom is 0.335 e. The van der Waals surface area contributed by atoms with Crippen LogP contribution in [0.5, 0.6) is 0 Å². The van der Waals surface area contributed by atoms with Crippen LogP contribution in [0.2, 0.25) is 0 Å². The standard InChI is InChI=1S/C23H16BrF2N3O3/c1-12-9-14(13(2)28(12)20-8-3-15(24)11-19(20)26)10-18-21(30)27-23(32)29(22(18)31)17-6-4-16(25)5-7-17/h3-11H,1-2H3,(H,27,30,32)/b18-10+. The van der Waals surface area contributed by atoms with Crippen LogP contribution in [0, 0.1) is 25.5 Å². The predicted octanol–water partition coefficient (Wildman–Crippen LogP) is 4.80. The normalized spacial score (nSPS) is 15.5. The topological polar surface area (TPSA) is 71.4 Å². The maximum atomic E-state index is 14.5. The summed E-state index contributed by atoms with van der Waals surface area (Å²) in [6, 6.07) is 10.2. The van der Waals surface area contributed by atoms with E-state index in [0.29, 0.717) is 27.1 Å². The summed E-state index contributed by atoms with van der Waals surface area (Å²) < 4.78 is 30.1. The number of urea groups is 1. The largest absolute Gasteiger partial charge is 0.335 e. The van der Waals surface area contributed by atoms with Crippen LogP contribution in [0.1, 0.15) is 17.0 Å². The summed E-state index contributed by atoms with van der Waals surface area (Å²) in [4.78, 5) is 38.5. The molecule has 162 valence electrons. The second-order valence-electron chi connectivity index (χ2n) is 7.19. The Morgan fingerprint density at radius 3 is 2.31 bits per heavy atom. The average Bonchev–Trinajstić information content (AvgIpc) is 3.00. The van der Waals surface area contributed by atoms with Crippen molar-refractivity contribution in [3.8, 4) is 5.69 Å². The van der Waals surface area contributed by atoms with Crippen molar-refractivity contribution in [2.24, 2.45) is 0 Å². The minimum absolute atomic E-state index is 0.120. The highest BCUT2D eigenvalue weighted by molar-refractivity contribution is 9.10. The van der Waals surface area contributed by atoms with Gasteiger partial charge < -0.3 is 4.57 Å². The first-order valence-electron chi connectivity index (χ1n) is 9.49. The quantitative estimate of drug-likeness (QED) is 0.415. The lowest BCUT2D eigenvalue weighted by Crippen LogP contribution is -2.54. The van der Waals surface area contributed by atoms with E-state index in [-0.39, 0.29) is 11.3 Å². The van der Waals surface area contributed by atoms with E-state index in [2.05, 4.69) is 21.2 Å². The molecular weight excluding hydrogens is 484 g/mol. The molecule has 0 spiro atoms. The van der Waals surface area contributed by atoms with E-state index in [0.717, 1.165) is 17.0 Å². The number of carbonyl (C=O) groups excluding carboxylic acids is 3. The van der Waals surface area contributed by atoms with Gasteiger partial charge in [-0.05, 0) is 74.0 Å². The Kier molecular flexibility index (Phi) is 5.52. The third kappa shape index (κ3) is 3.75. The molecule has 1 aliphatic heterocycles. The first-order valence-corrected chi connectivity index (χ1v) is 10.3. The van der Waals surface area contributed by atoms with E-state index in [9.17, 15) is 23.2 Å². The first-order chi connectivity index (χ1) is 15.2. The molecule has 0 radical (unpaired) electrons. The number of barbiturate groups is 1. The fourth-order valence-corrected chi connectivity index (χ4v) is 3.94. The van der Waals surface area contributed by atoms with Crippen LogP contribution in [0.15, 0.2) is 58.6 Å². The SMILES string of the molecule is Cc1cc(/C=C2\C(=O)NC(=O)N(c3ccc(F)cc3)C2=O)c(C)n1-c1ccc(Br)cc1F. The summed E-state index contributed by atoms with van der Waals surface area (Å²) in [5.41, 5.74) is 1.96. The third-order valence-electron chi connectivity index (χ3n) is 5.11. The van der Waals surface area contributed by atoms with Crippen LogP contribution in [0.4, 0.5) is 19.3 Å². The van der Waals surface area contributed by atoms with E-state index in [1.54, 1.807) is 36.6 Å². The Morgan fingerprint density at radius 1 is 0.969 bits per heavy atom. The molecule has 1 aliphatic rings. The lowest BCUT2D eigenvalue weighted by molar-refractivity contribution is -0.122. The molecule has 32 heavy (non-hydrogen) atoms. The lowest BCUT2D eigenvalue weighted by atomic mass is 10.1. The highest BCUT2D eigenvalue weighted by Crippen LogP contribution is 2.28. The van der Waals surface area contributed by atoms with Crippen LogP contribution in [-0.2, 0) is 9.59 Å². The Labute approximate surface area is 190 Å². The van der Waals surface area contributed by atoms with Crippen LogP contribution in [0.3, 0.4) is 0 Å².